The van der Waals surface area contributed by atoms with Crippen LogP contribution in [-0.2, 0) is 4.74 Å². The molecule has 0 saturated carbocycles. The van der Waals surface area contributed by atoms with Crippen molar-refractivity contribution in [2.45, 2.75) is 0 Å². The van der Waals surface area contributed by atoms with Crippen molar-refractivity contribution < 1.29 is 14.3 Å². The van der Waals surface area contributed by atoms with Gasteiger partial charge >= 0.3 is 5.97 Å². The van der Waals surface area contributed by atoms with Crippen molar-refractivity contribution >= 4 is 39.7 Å². The fraction of sp³-hybridized carbons (Fsp3) is 0.0556. The zero-order chi connectivity index (χ0) is 17.6. The van der Waals surface area contributed by atoms with E-state index in [9.17, 15) is 9.59 Å². The minimum atomic E-state index is -0.418. The normalized spacial score (nSPS) is 10.1. The average Bonchev–Trinajstić information content (AvgIpc) is 3.15. The SMILES string of the molecule is COC(=O)c1ccc(NC(=O)c2cccc(Nc3nccs3)c2)cc1. The Balaban J connectivity index is 1.69. The summed E-state index contributed by atoms with van der Waals surface area (Å²) in [5.41, 5.74) is 2.31. The van der Waals surface area contributed by atoms with Crippen molar-refractivity contribution in [3.8, 4) is 0 Å². The molecule has 0 fully saturated rings. The number of rotatable bonds is 5. The Hall–Kier alpha value is -3.19. The van der Waals surface area contributed by atoms with Crippen LogP contribution in [0.4, 0.5) is 16.5 Å². The van der Waals surface area contributed by atoms with Crippen molar-refractivity contribution in [2.24, 2.45) is 0 Å². The van der Waals surface area contributed by atoms with Crippen molar-refractivity contribution in [3.05, 3.63) is 71.2 Å². The lowest BCUT2D eigenvalue weighted by molar-refractivity contribution is 0.0600. The Morgan fingerprint density at radius 3 is 2.52 bits per heavy atom. The highest BCUT2D eigenvalue weighted by molar-refractivity contribution is 7.13. The third-order valence-electron chi connectivity index (χ3n) is 3.37. The van der Waals surface area contributed by atoms with Gasteiger partial charge in [-0.3, -0.25) is 4.79 Å². The van der Waals surface area contributed by atoms with Gasteiger partial charge in [0.25, 0.3) is 5.91 Å². The van der Waals surface area contributed by atoms with Crippen LogP contribution in [0.1, 0.15) is 20.7 Å². The number of nitrogens with zero attached hydrogens (tertiary/aromatic N) is 1. The summed E-state index contributed by atoms with van der Waals surface area (Å²) in [6.45, 7) is 0. The molecule has 0 aliphatic heterocycles. The molecule has 0 radical (unpaired) electrons. The van der Waals surface area contributed by atoms with Gasteiger partial charge in [0.05, 0.1) is 12.7 Å². The van der Waals surface area contributed by atoms with Crippen LogP contribution >= 0.6 is 11.3 Å². The van der Waals surface area contributed by atoms with Gasteiger partial charge in [0.1, 0.15) is 0 Å². The number of aromatic nitrogens is 1. The first-order valence-electron chi connectivity index (χ1n) is 7.42. The van der Waals surface area contributed by atoms with E-state index in [-0.39, 0.29) is 5.91 Å². The number of benzene rings is 2. The predicted molar refractivity (Wildman–Crippen MR) is 97.6 cm³/mol. The fourth-order valence-corrected chi connectivity index (χ4v) is 2.71. The minimum absolute atomic E-state index is 0.242. The van der Waals surface area contributed by atoms with Crippen molar-refractivity contribution in [1.29, 1.82) is 0 Å². The number of hydrogen-bond donors (Lipinski definition) is 2. The highest BCUT2D eigenvalue weighted by Crippen LogP contribution is 2.20. The molecule has 0 saturated heterocycles. The van der Waals surface area contributed by atoms with Crippen LogP contribution in [0, 0.1) is 0 Å². The summed E-state index contributed by atoms with van der Waals surface area (Å²) >= 11 is 1.48. The third-order valence-corrected chi connectivity index (χ3v) is 4.06. The first-order valence-corrected chi connectivity index (χ1v) is 8.30. The van der Waals surface area contributed by atoms with E-state index in [0.717, 1.165) is 10.8 Å². The van der Waals surface area contributed by atoms with Gasteiger partial charge in [-0.05, 0) is 42.5 Å². The van der Waals surface area contributed by atoms with Gasteiger partial charge < -0.3 is 15.4 Å². The van der Waals surface area contributed by atoms with E-state index in [2.05, 4.69) is 20.4 Å². The fourth-order valence-electron chi connectivity index (χ4n) is 2.16. The lowest BCUT2D eigenvalue weighted by Gasteiger charge is -2.08. The summed E-state index contributed by atoms with van der Waals surface area (Å²) in [5.74, 6) is -0.660. The van der Waals surface area contributed by atoms with Crippen molar-refractivity contribution in [1.82, 2.24) is 4.98 Å². The Morgan fingerprint density at radius 1 is 1.04 bits per heavy atom. The molecule has 0 aliphatic rings. The number of ether oxygens (including phenoxy) is 1. The van der Waals surface area contributed by atoms with Crippen LogP contribution in [-0.4, -0.2) is 24.0 Å². The molecule has 1 heterocycles. The van der Waals surface area contributed by atoms with E-state index >= 15 is 0 Å². The summed E-state index contributed by atoms with van der Waals surface area (Å²) in [4.78, 5) is 28.0. The molecule has 25 heavy (non-hydrogen) atoms. The lowest BCUT2D eigenvalue weighted by atomic mass is 10.1. The van der Waals surface area contributed by atoms with Crippen molar-refractivity contribution in [3.63, 3.8) is 0 Å². The van der Waals surface area contributed by atoms with Gasteiger partial charge in [0.15, 0.2) is 5.13 Å². The van der Waals surface area contributed by atoms with Gasteiger partial charge in [0.2, 0.25) is 0 Å². The van der Waals surface area contributed by atoms with Gasteiger partial charge in [-0.25, -0.2) is 9.78 Å². The number of thiazole rings is 1. The molecule has 0 bridgehead atoms. The molecule has 126 valence electrons. The maximum absolute atomic E-state index is 12.4. The van der Waals surface area contributed by atoms with E-state index in [1.807, 2.05) is 11.4 Å². The highest BCUT2D eigenvalue weighted by Gasteiger charge is 2.09. The molecule has 0 aliphatic carbocycles. The maximum Gasteiger partial charge on any atom is 0.337 e. The van der Waals surface area contributed by atoms with Crippen LogP contribution in [0.5, 0.6) is 0 Å². The second-order valence-electron chi connectivity index (χ2n) is 5.07. The molecule has 0 atom stereocenters. The number of carbonyl (C=O) groups excluding carboxylic acids is 2. The number of methoxy groups -OCH3 is 1. The summed E-state index contributed by atoms with van der Waals surface area (Å²) < 4.78 is 4.65. The summed E-state index contributed by atoms with van der Waals surface area (Å²) in [7, 11) is 1.32. The highest BCUT2D eigenvalue weighted by atomic mass is 32.1. The van der Waals surface area contributed by atoms with Crippen LogP contribution in [0.15, 0.2) is 60.1 Å². The zero-order valence-electron chi connectivity index (χ0n) is 13.4. The largest absolute Gasteiger partial charge is 0.465 e. The molecule has 7 heteroatoms. The standard InChI is InChI=1S/C18H15N3O3S/c1-24-17(23)12-5-7-14(8-6-12)20-16(22)13-3-2-4-15(11-13)21-18-19-9-10-25-18/h2-11H,1H3,(H,19,21)(H,20,22). The van der Waals surface area contributed by atoms with Crippen molar-refractivity contribution in [2.75, 3.05) is 17.7 Å². The Kier molecular flexibility index (Phi) is 5.06. The second-order valence-corrected chi connectivity index (χ2v) is 5.96. The monoisotopic (exact) mass is 353 g/mol. The summed E-state index contributed by atoms with van der Waals surface area (Å²) in [6.07, 6.45) is 1.71. The van der Waals surface area contributed by atoms with Crippen LogP contribution in [0.3, 0.4) is 0 Å². The van der Waals surface area contributed by atoms with Gasteiger partial charge in [-0.2, -0.15) is 0 Å². The number of hydrogen-bond acceptors (Lipinski definition) is 6. The van der Waals surface area contributed by atoms with Crippen LogP contribution < -0.4 is 10.6 Å². The maximum atomic E-state index is 12.4. The molecule has 2 aromatic carbocycles. The second kappa shape index (κ2) is 7.59. The van der Waals surface area contributed by atoms with E-state index in [1.165, 1.54) is 18.4 Å². The lowest BCUT2D eigenvalue weighted by Crippen LogP contribution is -2.12. The van der Waals surface area contributed by atoms with Crippen LogP contribution in [0.25, 0.3) is 0 Å². The smallest absolute Gasteiger partial charge is 0.337 e. The molecule has 0 unspecified atom stereocenters. The molecule has 1 aromatic heterocycles. The number of carbonyl (C=O) groups is 2. The molecule has 0 spiro atoms. The number of esters is 1. The molecular formula is C18H15N3O3S. The molecule has 1 amide bonds. The van der Waals surface area contributed by atoms with E-state index in [1.54, 1.807) is 48.7 Å². The van der Waals surface area contributed by atoms with E-state index < -0.39 is 5.97 Å². The van der Waals surface area contributed by atoms with E-state index in [4.69, 9.17) is 0 Å². The third kappa shape index (κ3) is 4.21. The summed E-state index contributed by atoms with van der Waals surface area (Å²) in [5, 5.41) is 8.57. The summed E-state index contributed by atoms with van der Waals surface area (Å²) in [6, 6.07) is 13.6. The molecular weight excluding hydrogens is 338 g/mol. The molecule has 2 N–H and O–H groups in total. The Bertz CT molecular complexity index is 877. The molecule has 6 nitrogen and oxygen atoms in total. The van der Waals surface area contributed by atoms with Crippen LogP contribution in [0.2, 0.25) is 0 Å². The first kappa shape index (κ1) is 16.7. The molecule has 3 rings (SSSR count). The topological polar surface area (TPSA) is 80.3 Å². The minimum Gasteiger partial charge on any atom is -0.465 e. The van der Waals surface area contributed by atoms with E-state index in [0.29, 0.717) is 16.8 Å². The average molecular weight is 353 g/mol. The molecule has 3 aromatic rings. The Labute approximate surface area is 148 Å². The number of anilines is 3. The number of nitrogens with one attached hydrogen (secondary N) is 2. The van der Waals surface area contributed by atoms with Gasteiger partial charge in [-0.1, -0.05) is 6.07 Å². The zero-order valence-corrected chi connectivity index (χ0v) is 14.2. The van der Waals surface area contributed by atoms with Gasteiger partial charge in [0, 0.05) is 28.5 Å². The Morgan fingerprint density at radius 2 is 1.84 bits per heavy atom. The predicted octanol–water partition coefficient (Wildman–Crippen LogP) is 3.93. The number of amides is 1. The van der Waals surface area contributed by atoms with Gasteiger partial charge in [-0.15, -0.1) is 11.3 Å². The quantitative estimate of drug-likeness (QED) is 0.680. The first-order chi connectivity index (χ1) is 12.2.